The molecular weight excluding hydrogens is 488 g/mol. The SMILES string of the molecule is COc1ccc([C@@H]2CC(c3ccccc3)=NN2C(=O)COC(=O)C2(c3ccc(Cl)cc3)CCCC2)cc1. The van der Waals surface area contributed by atoms with Crippen molar-refractivity contribution in [2.24, 2.45) is 5.10 Å². The maximum atomic E-state index is 13.4. The Morgan fingerprint density at radius 1 is 0.973 bits per heavy atom. The van der Waals surface area contributed by atoms with E-state index in [9.17, 15) is 9.59 Å². The van der Waals surface area contributed by atoms with Crippen LogP contribution in [0.25, 0.3) is 0 Å². The summed E-state index contributed by atoms with van der Waals surface area (Å²) in [5, 5.41) is 6.76. The molecule has 37 heavy (non-hydrogen) atoms. The van der Waals surface area contributed by atoms with Crippen LogP contribution in [-0.2, 0) is 19.7 Å². The molecule has 1 aliphatic heterocycles. The molecule has 3 aromatic carbocycles. The van der Waals surface area contributed by atoms with E-state index in [1.807, 2.05) is 66.7 Å². The summed E-state index contributed by atoms with van der Waals surface area (Å²) in [6.07, 6.45) is 3.81. The van der Waals surface area contributed by atoms with Crippen molar-refractivity contribution in [3.8, 4) is 5.75 Å². The summed E-state index contributed by atoms with van der Waals surface area (Å²) >= 11 is 6.07. The fourth-order valence-corrected chi connectivity index (χ4v) is 5.45. The van der Waals surface area contributed by atoms with E-state index < -0.39 is 5.41 Å². The highest BCUT2D eigenvalue weighted by Crippen LogP contribution is 2.42. The largest absolute Gasteiger partial charge is 0.497 e. The van der Waals surface area contributed by atoms with Crippen LogP contribution in [0, 0.1) is 0 Å². The Bertz CT molecular complexity index is 1280. The molecule has 1 fully saturated rings. The van der Waals surface area contributed by atoms with Gasteiger partial charge < -0.3 is 9.47 Å². The van der Waals surface area contributed by atoms with Crippen LogP contribution in [-0.4, -0.2) is 36.3 Å². The lowest BCUT2D eigenvalue weighted by molar-refractivity contribution is -0.157. The number of amides is 1. The second kappa shape index (κ2) is 10.8. The lowest BCUT2D eigenvalue weighted by atomic mass is 9.79. The molecular formula is C30H29ClN2O4. The van der Waals surface area contributed by atoms with Gasteiger partial charge in [0.25, 0.3) is 5.91 Å². The number of hydrazone groups is 1. The Labute approximate surface area is 221 Å². The van der Waals surface area contributed by atoms with Gasteiger partial charge in [-0.05, 0) is 53.8 Å². The molecule has 0 N–H and O–H groups in total. The lowest BCUT2D eigenvalue weighted by Crippen LogP contribution is -2.38. The van der Waals surface area contributed by atoms with E-state index >= 15 is 0 Å². The lowest BCUT2D eigenvalue weighted by Gasteiger charge is -2.28. The molecule has 5 rings (SSSR count). The summed E-state index contributed by atoms with van der Waals surface area (Å²) in [5.41, 5.74) is 2.84. The highest BCUT2D eigenvalue weighted by atomic mass is 35.5. The van der Waals surface area contributed by atoms with Gasteiger partial charge in [0.15, 0.2) is 6.61 Å². The molecule has 0 unspecified atom stereocenters. The van der Waals surface area contributed by atoms with Crippen molar-refractivity contribution in [1.29, 1.82) is 0 Å². The van der Waals surface area contributed by atoms with Crippen molar-refractivity contribution in [3.63, 3.8) is 0 Å². The molecule has 1 heterocycles. The molecule has 1 saturated carbocycles. The maximum Gasteiger partial charge on any atom is 0.317 e. The van der Waals surface area contributed by atoms with E-state index in [0.29, 0.717) is 24.3 Å². The number of carbonyl (C=O) groups excluding carboxylic acids is 2. The Kier molecular flexibility index (Phi) is 7.28. The van der Waals surface area contributed by atoms with Gasteiger partial charge in [0.1, 0.15) is 5.75 Å². The Morgan fingerprint density at radius 3 is 2.30 bits per heavy atom. The van der Waals surface area contributed by atoms with Gasteiger partial charge in [-0.1, -0.05) is 79.0 Å². The molecule has 1 aliphatic carbocycles. The zero-order valence-corrected chi connectivity index (χ0v) is 21.5. The van der Waals surface area contributed by atoms with E-state index in [-0.39, 0.29) is 24.5 Å². The predicted octanol–water partition coefficient (Wildman–Crippen LogP) is 6.08. The first-order valence-corrected chi connectivity index (χ1v) is 12.9. The number of hydrogen-bond acceptors (Lipinski definition) is 5. The summed E-state index contributed by atoms with van der Waals surface area (Å²) in [6, 6.07) is 24.5. The minimum Gasteiger partial charge on any atom is -0.497 e. The van der Waals surface area contributed by atoms with Crippen molar-refractivity contribution < 1.29 is 19.1 Å². The van der Waals surface area contributed by atoms with Gasteiger partial charge in [-0.3, -0.25) is 9.59 Å². The van der Waals surface area contributed by atoms with Crippen LogP contribution >= 0.6 is 11.6 Å². The molecule has 190 valence electrons. The smallest absolute Gasteiger partial charge is 0.317 e. The van der Waals surface area contributed by atoms with E-state index in [0.717, 1.165) is 41.0 Å². The van der Waals surface area contributed by atoms with E-state index in [1.165, 1.54) is 5.01 Å². The number of esters is 1. The van der Waals surface area contributed by atoms with E-state index in [4.69, 9.17) is 21.1 Å². The second-order valence-electron chi connectivity index (χ2n) is 9.52. The third-order valence-corrected chi connectivity index (χ3v) is 7.60. The first-order chi connectivity index (χ1) is 18.0. The Morgan fingerprint density at radius 2 is 1.65 bits per heavy atom. The van der Waals surface area contributed by atoms with Gasteiger partial charge in [0, 0.05) is 11.4 Å². The topological polar surface area (TPSA) is 68.2 Å². The van der Waals surface area contributed by atoms with Crippen molar-refractivity contribution in [2.45, 2.75) is 43.6 Å². The van der Waals surface area contributed by atoms with Crippen LogP contribution < -0.4 is 4.74 Å². The average Bonchev–Trinajstić information content (AvgIpc) is 3.62. The van der Waals surface area contributed by atoms with Crippen molar-refractivity contribution in [2.75, 3.05) is 13.7 Å². The van der Waals surface area contributed by atoms with Crippen molar-refractivity contribution in [3.05, 3.63) is 101 Å². The standard InChI is InChI=1S/C30H29ClN2O4/c1-36-25-15-9-22(10-16-25)27-19-26(21-7-3-2-4-8-21)32-33(27)28(34)20-37-29(35)30(17-5-6-18-30)23-11-13-24(31)14-12-23/h2-4,7-16,27H,5-6,17-20H2,1H3/t27-/m0/s1. The molecule has 0 spiro atoms. The van der Waals surface area contributed by atoms with Gasteiger partial charge in [-0.15, -0.1) is 0 Å². The van der Waals surface area contributed by atoms with Crippen LogP contribution in [0.15, 0.2) is 84.0 Å². The Hall–Kier alpha value is -3.64. The molecule has 2 aliphatic rings. The second-order valence-corrected chi connectivity index (χ2v) is 9.95. The summed E-state index contributed by atoms with van der Waals surface area (Å²) in [4.78, 5) is 26.8. The normalized spacial score (nSPS) is 18.4. The summed E-state index contributed by atoms with van der Waals surface area (Å²) < 4.78 is 11.0. The fraction of sp³-hybridized carbons (Fsp3) is 0.300. The number of ether oxygens (including phenoxy) is 2. The maximum absolute atomic E-state index is 13.4. The first kappa shape index (κ1) is 25.0. The molecule has 0 saturated heterocycles. The fourth-order valence-electron chi connectivity index (χ4n) is 5.32. The highest BCUT2D eigenvalue weighted by Gasteiger charge is 2.45. The molecule has 1 amide bonds. The van der Waals surface area contributed by atoms with Gasteiger partial charge in [-0.2, -0.15) is 5.10 Å². The molecule has 0 bridgehead atoms. The minimum absolute atomic E-state index is 0.302. The highest BCUT2D eigenvalue weighted by molar-refractivity contribution is 6.30. The van der Waals surface area contributed by atoms with E-state index in [2.05, 4.69) is 5.10 Å². The molecule has 3 aromatic rings. The Balaban J connectivity index is 1.36. The molecule has 7 heteroatoms. The van der Waals surface area contributed by atoms with Gasteiger partial charge in [0.05, 0.1) is 24.3 Å². The monoisotopic (exact) mass is 516 g/mol. The average molecular weight is 517 g/mol. The third-order valence-electron chi connectivity index (χ3n) is 7.34. The number of halogens is 1. The summed E-state index contributed by atoms with van der Waals surface area (Å²) in [7, 11) is 1.62. The van der Waals surface area contributed by atoms with E-state index in [1.54, 1.807) is 19.2 Å². The van der Waals surface area contributed by atoms with Gasteiger partial charge in [0.2, 0.25) is 0 Å². The third kappa shape index (κ3) is 5.12. The molecule has 1 atom stereocenters. The quantitative estimate of drug-likeness (QED) is 0.357. The van der Waals surface area contributed by atoms with Crippen molar-refractivity contribution in [1.82, 2.24) is 5.01 Å². The molecule has 0 radical (unpaired) electrons. The van der Waals surface area contributed by atoms with Crippen LogP contribution in [0.4, 0.5) is 0 Å². The van der Waals surface area contributed by atoms with Crippen molar-refractivity contribution >= 4 is 29.2 Å². The first-order valence-electron chi connectivity index (χ1n) is 12.5. The summed E-state index contributed by atoms with van der Waals surface area (Å²) in [5.74, 6) is 0.0132. The van der Waals surface area contributed by atoms with Gasteiger partial charge >= 0.3 is 5.97 Å². The predicted molar refractivity (Wildman–Crippen MR) is 143 cm³/mol. The number of carbonyl (C=O) groups is 2. The minimum atomic E-state index is -0.746. The number of methoxy groups -OCH3 is 1. The number of rotatable bonds is 7. The van der Waals surface area contributed by atoms with Gasteiger partial charge in [-0.25, -0.2) is 5.01 Å². The molecule has 6 nitrogen and oxygen atoms in total. The number of nitrogens with zero attached hydrogens (tertiary/aromatic N) is 2. The zero-order chi connectivity index (χ0) is 25.8. The number of benzene rings is 3. The number of hydrogen-bond donors (Lipinski definition) is 0. The van der Waals surface area contributed by atoms with Crippen LogP contribution in [0.1, 0.15) is 54.8 Å². The molecule has 0 aromatic heterocycles. The summed E-state index contributed by atoms with van der Waals surface area (Å²) in [6.45, 7) is -0.369. The van der Waals surface area contributed by atoms with Crippen LogP contribution in [0.5, 0.6) is 5.75 Å². The van der Waals surface area contributed by atoms with Crippen LogP contribution in [0.2, 0.25) is 5.02 Å². The zero-order valence-electron chi connectivity index (χ0n) is 20.7. The van der Waals surface area contributed by atoms with Crippen LogP contribution in [0.3, 0.4) is 0 Å².